The number of carbonyl (C=O) groups excluding carboxylic acids is 1. The van der Waals surface area contributed by atoms with Crippen LogP contribution in [0.2, 0.25) is 5.15 Å². The van der Waals surface area contributed by atoms with Crippen LogP contribution in [-0.2, 0) is 9.47 Å². The molecular weight excluding hydrogens is 242 g/mol. The number of carbonyl (C=O) groups is 1. The SMILES string of the molecule is COC(C)(C)CCOC(=O)c1cccnc1Cl. The van der Waals surface area contributed by atoms with E-state index in [2.05, 4.69) is 4.98 Å². The molecule has 1 aromatic heterocycles. The maximum atomic E-state index is 11.7. The van der Waals surface area contributed by atoms with Gasteiger partial charge < -0.3 is 9.47 Å². The number of ether oxygens (including phenoxy) is 2. The molecule has 0 aliphatic heterocycles. The van der Waals surface area contributed by atoms with Crippen LogP contribution in [0.25, 0.3) is 0 Å². The molecule has 0 radical (unpaired) electrons. The van der Waals surface area contributed by atoms with E-state index in [1.807, 2.05) is 13.8 Å². The zero-order valence-corrected chi connectivity index (χ0v) is 11.0. The predicted molar refractivity (Wildman–Crippen MR) is 65.2 cm³/mol. The van der Waals surface area contributed by atoms with Gasteiger partial charge in [0.2, 0.25) is 0 Å². The summed E-state index contributed by atoms with van der Waals surface area (Å²) >= 11 is 5.78. The van der Waals surface area contributed by atoms with E-state index >= 15 is 0 Å². The van der Waals surface area contributed by atoms with Crippen molar-refractivity contribution < 1.29 is 14.3 Å². The van der Waals surface area contributed by atoms with Crippen LogP contribution in [0.5, 0.6) is 0 Å². The number of esters is 1. The Morgan fingerprint density at radius 3 is 2.82 bits per heavy atom. The second-order valence-electron chi connectivity index (χ2n) is 4.19. The molecule has 0 aromatic carbocycles. The third-order valence-corrected chi connectivity index (χ3v) is 2.77. The van der Waals surface area contributed by atoms with Gasteiger partial charge in [-0.3, -0.25) is 0 Å². The standard InChI is InChI=1S/C12H16ClNO3/c1-12(2,16-3)6-8-17-11(15)9-5-4-7-14-10(9)13/h4-5,7H,6,8H2,1-3H3. The van der Waals surface area contributed by atoms with E-state index in [4.69, 9.17) is 21.1 Å². The van der Waals surface area contributed by atoms with Crippen LogP contribution in [-0.4, -0.2) is 30.3 Å². The highest BCUT2D eigenvalue weighted by molar-refractivity contribution is 6.32. The average molecular weight is 258 g/mol. The molecule has 0 unspecified atom stereocenters. The van der Waals surface area contributed by atoms with Gasteiger partial charge in [0.25, 0.3) is 0 Å². The molecule has 0 aliphatic rings. The monoisotopic (exact) mass is 257 g/mol. The molecule has 4 nitrogen and oxygen atoms in total. The summed E-state index contributed by atoms with van der Waals surface area (Å²) in [4.78, 5) is 15.5. The van der Waals surface area contributed by atoms with Gasteiger partial charge in [-0.25, -0.2) is 9.78 Å². The minimum Gasteiger partial charge on any atom is -0.462 e. The van der Waals surface area contributed by atoms with Crippen molar-refractivity contribution in [2.45, 2.75) is 25.9 Å². The molecule has 17 heavy (non-hydrogen) atoms. The Bertz CT molecular complexity index is 393. The van der Waals surface area contributed by atoms with Gasteiger partial charge >= 0.3 is 5.97 Å². The van der Waals surface area contributed by atoms with Gasteiger partial charge in [-0.15, -0.1) is 0 Å². The van der Waals surface area contributed by atoms with E-state index in [-0.39, 0.29) is 22.9 Å². The molecule has 0 N–H and O–H groups in total. The van der Waals surface area contributed by atoms with Crippen LogP contribution in [0.4, 0.5) is 0 Å². The minimum absolute atomic E-state index is 0.156. The van der Waals surface area contributed by atoms with Crippen molar-refractivity contribution in [2.75, 3.05) is 13.7 Å². The Labute approximate surface area is 106 Å². The zero-order chi connectivity index (χ0) is 12.9. The molecule has 0 amide bonds. The van der Waals surface area contributed by atoms with Gasteiger partial charge in [-0.05, 0) is 26.0 Å². The molecule has 1 aromatic rings. The number of halogens is 1. The Morgan fingerprint density at radius 1 is 1.53 bits per heavy atom. The van der Waals surface area contributed by atoms with Gasteiger partial charge in [0, 0.05) is 19.7 Å². The Morgan fingerprint density at radius 2 is 2.24 bits per heavy atom. The Kier molecular flexibility index (Phi) is 4.90. The van der Waals surface area contributed by atoms with E-state index in [0.29, 0.717) is 6.42 Å². The first kappa shape index (κ1) is 13.9. The van der Waals surface area contributed by atoms with Crippen molar-refractivity contribution >= 4 is 17.6 Å². The molecule has 1 heterocycles. The second kappa shape index (κ2) is 5.98. The summed E-state index contributed by atoms with van der Waals surface area (Å²) in [5, 5.41) is 0.156. The summed E-state index contributed by atoms with van der Waals surface area (Å²) in [6.07, 6.45) is 2.14. The number of nitrogens with zero attached hydrogens (tertiary/aromatic N) is 1. The molecule has 0 aliphatic carbocycles. The van der Waals surface area contributed by atoms with Crippen LogP contribution >= 0.6 is 11.6 Å². The maximum Gasteiger partial charge on any atom is 0.341 e. The number of methoxy groups -OCH3 is 1. The lowest BCUT2D eigenvalue weighted by molar-refractivity contribution is -0.00563. The van der Waals surface area contributed by atoms with Gasteiger partial charge in [-0.2, -0.15) is 0 Å². The maximum absolute atomic E-state index is 11.7. The molecule has 0 saturated heterocycles. The summed E-state index contributed by atoms with van der Waals surface area (Å²) in [6, 6.07) is 3.22. The largest absolute Gasteiger partial charge is 0.462 e. The van der Waals surface area contributed by atoms with Crippen LogP contribution < -0.4 is 0 Å². The summed E-state index contributed by atoms with van der Waals surface area (Å²) in [7, 11) is 1.62. The number of hydrogen-bond acceptors (Lipinski definition) is 4. The molecular formula is C12H16ClNO3. The van der Waals surface area contributed by atoms with E-state index in [0.717, 1.165) is 0 Å². The van der Waals surface area contributed by atoms with Gasteiger partial charge in [-0.1, -0.05) is 11.6 Å². The first-order valence-electron chi connectivity index (χ1n) is 5.29. The lowest BCUT2D eigenvalue weighted by Gasteiger charge is -2.22. The third-order valence-electron chi connectivity index (χ3n) is 2.47. The fourth-order valence-corrected chi connectivity index (χ4v) is 1.30. The number of aromatic nitrogens is 1. The topological polar surface area (TPSA) is 48.4 Å². The molecule has 94 valence electrons. The third kappa shape index (κ3) is 4.32. The van der Waals surface area contributed by atoms with Crippen molar-refractivity contribution in [1.82, 2.24) is 4.98 Å². The minimum atomic E-state index is -0.463. The fourth-order valence-electron chi connectivity index (χ4n) is 1.11. The molecule has 0 bridgehead atoms. The smallest absolute Gasteiger partial charge is 0.341 e. The Balaban J connectivity index is 2.49. The second-order valence-corrected chi connectivity index (χ2v) is 4.55. The van der Waals surface area contributed by atoms with Crippen molar-refractivity contribution in [3.63, 3.8) is 0 Å². The van der Waals surface area contributed by atoms with Crippen LogP contribution in [0, 0.1) is 0 Å². The summed E-state index contributed by atoms with van der Waals surface area (Å²) < 4.78 is 10.3. The molecule has 1 rings (SSSR count). The predicted octanol–water partition coefficient (Wildman–Crippen LogP) is 2.71. The molecule has 0 fully saturated rings. The summed E-state index contributed by atoms with van der Waals surface area (Å²) in [5.74, 6) is -0.463. The van der Waals surface area contributed by atoms with Gasteiger partial charge in [0.05, 0.1) is 17.8 Å². The first-order chi connectivity index (χ1) is 7.96. The fraction of sp³-hybridized carbons (Fsp3) is 0.500. The number of pyridine rings is 1. The van der Waals surface area contributed by atoms with E-state index in [1.165, 1.54) is 6.20 Å². The van der Waals surface area contributed by atoms with E-state index in [9.17, 15) is 4.79 Å². The highest BCUT2D eigenvalue weighted by Gasteiger charge is 2.18. The summed E-state index contributed by atoms with van der Waals surface area (Å²) in [5.41, 5.74) is -0.0247. The quantitative estimate of drug-likeness (QED) is 0.601. The molecule has 0 spiro atoms. The van der Waals surface area contributed by atoms with E-state index < -0.39 is 5.97 Å². The van der Waals surface area contributed by atoms with Crippen LogP contribution in [0.15, 0.2) is 18.3 Å². The van der Waals surface area contributed by atoms with E-state index in [1.54, 1.807) is 19.2 Å². The highest BCUT2D eigenvalue weighted by atomic mass is 35.5. The highest BCUT2D eigenvalue weighted by Crippen LogP contribution is 2.15. The van der Waals surface area contributed by atoms with Crippen molar-refractivity contribution in [3.05, 3.63) is 29.0 Å². The normalized spacial score (nSPS) is 11.3. The van der Waals surface area contributed by atoms with Crippen molar-refractivity contribution in [3.8, 4) is 0 Å². The van der Waals surface area contributed by atoms with Crippen molar-refractivity contribution in [2.24, 2.45) is 0 Å². The molecule has 5 heteroatoms. The number of rotatable bonds is 5. The lowest BCUT2D eigenvalue weighted by atomic mass is 10.1. The zero-order valence-electron chi connectivity index (χ0n) is 10.2. The van der Waals surface area contributed by atoms with Gasteiger partial charge in [0.15, 0.2) is 0 Å². The Hall–Kier alpha value is -1.13. The first-order valence-corrected chi connectivity index (χ1v) is 5.67. The van der Waals surface area contributed by atoms with Gasteiger partial charge in [0.1, 0.15) is 5.15 Å². The lowest BCUT2D eigenvalue weighted by Crippen LogP contribution is -2.25. The average Bonchev–Trinajstić information content (AvgIpc) is 2.29. The summed E-state index contributed by atoms with van der Waals surface area (Å²) in [6.45, 7) is 4.14. The molecule has 0 atom stereocenters. The van der Waals surface area contributed by atoms with Crippen molar-refractivity contribution in [1.29, 1.82) is 0 Å². The molecule has 0 saturated carbocycles. The number of hydrogen-bond donors (Lipinski definition) is 0. The van der Waals surface area contributed by atoms with Crippen LogP contribution in [0.1, 0.15) is 30.6 Å². The van der Waals surface area contributed by atoms with Crippen LogP contribution in [0.3, 0.4) is 0 Å².